The van der Waals surface area contributed by atoms with Gasteiger partial charge in [0.05, 0.1) is 0 Å². The molecule has 0 radical (unpaired) electrons. The van der Waals surface area contributed by atoms with Gasteiger partial charge in [-0.05, 0) is 93.9 Å². The van der Waals surface area contributed by atoms with Gasteiger partial charge < -0.3 is 31.8 Å². The summed E-state index contributed by atoms with van der Waals surface area (Å²) in [5, 5.41) is 13.8. The topological polar surface area (TPSA) is 110 Å². The third kappa shape index (κ3) is 4.75. The second-order valence-corrected chi connectivity index (χ2v) is 13.0. The molecule has 39 heavy (non-hydrogen) atoms. The van der Waals surface area contributed by atoms with Crippen LogP contribution in [0.2, 0.25) is 0 Å². The Hall–Kier alpha value is -2.52. The summed E-state index contributed by atoms with van der Waals surface area (Å²) >= 11 is 0. The Labute approximate surface area is 232 Å². The highest BCUT2D eigenvalue weighted by molar-refractivity contribution is 5.86. The molecule has 1 aromatic heterocycles. The predicted octanol–water partition coefficient (Wildman–Crippen LogP) is 2.80. The fourth-order valence-electron chi connectivity index (χ4n) is 8.31. The second-order valence-electron chi connectivity index (χ2n) is 13.0. The lowest BCUT2D eigenvalue weighted by Crippen LogP contribution is -2.69. The summed E-state index contributed by atoms with van der Waals surface area (Å²) < 4.78 is 0. The van der Waals surface area contributed by atoms with Crippen LogP contribution < -0.4 is 16.8 Å². The maximum absolute atomic E-state index is 10.2. The molecule has 8 nitrogen and oxygen atoms in total. The first-order valence-corrected chi connectivity index (χ1v) is 15.2. The Bertz CT molecular complexity index is 1210. The number of piperidine rings is 2. The largest absolute Gasteiger partial charge is 0.507 e. The van der Waals surface area contributed by atoms with Gasteiger partial charge >= 0.3 is 0 Å². The van der Waals surface area contributed by atoms with E-state index >= 15 is 0 Å². The van der Waals surface area contributed by atoms with Crippen LogP contribution in [0.1, 0.15) is 60.9 Å². The molecule has 0 bridgehead atoms. The fourth-order valence-corrected chi connectivity index (χ4v) is 8.31. The van der Waals surface area contributed by atoms with Gasteiger partial charge in [0, 0.05) is 73.2 Å². The molecule has 2 aromatic rings. The zero-order valence-corrected chi connectivity index (χ0v) is 23.2. The number of H-pyrrole nitrogens is 1. The number of likely N-dealkylation sites (tertiary alicyclic amines) is 2. The van der Waals surface area contributed by atoms with Gasteiger partial charge in [0.15, 0.2) is 0 Å². The Morgan fingerprint density at radius 2 is 1.64 bits per heavy atom. The van der Waals surface area contributed by atoms with E-state index in [4.69, 9.17) is 11.5 Å². The predicted molar refractivity (Wildman–Crippen MR) is 157 cm³/mol. The molecular weight excluding hydrogens is 486 g/mol. The van der Waals surface area contributed by atoms with Gasteiger partial charge in [0.2, 0.25) is 0 Å². The summed E-state index contributed by atoms with van der Waals surface area (Å²) in [5.74, 6) is 0.864. The van der Waals surface area contributed by atoms with Crippen molar-refractivity contribution in [2.24, 2.45) is 11.1 Å². The smallest absolute Gasteiger partial charge is 0.124 e. The highest BCUT2D eigenvalue weighted by Gasteiger charge is 2.55. The third-order valence-corrected chi connectivity index (χ3v) is 10.6. The zero-order valence-electron chi connectivity index (χ0n) is 23.2. The van der Waals surface area contributed by atoms with Crippen molar-refractivity contribution in [2.45, 2.75) is 69.6 Å². The van der Waals surface area contributed by atoms with Crippen LogP contribution in [-0.4, -0.2) is 88.7 Å². The molecule has 8 heteroatoms. The molecule has 0 atom stereocenters. The quantitative estimate of drug-likeness (QED) is 0.404. The SMILES string of the molecule is N/C(=C\c1c(N)[nH]c2c1CN(C1CC3(C1)CN(C1CCN(C4CCNCC4)CC1)C3)CC2)c1ccccc1O. The van der Waals surface area contributed by atoms with Crippen LogP contribution in [-0.2, 0) is 13.0 Å². The van der Waals surface area contributed by atoms with E-state index in [1.54, 1.807) is 6.07 Å². The molecular formula is C31H45N7O. The molecule has 1 saturated carbocycles. The van der Waals surface area contributed by atoms with Crippen LogP contribution >= 0.6 is 0 Å². The monoisotopic (exact) mass is 531 g/mol. The standard InChI is InChI=1S/C31H45N7O/c32-27(24-3-1-2-4-29(24)39)15-25-26-18-37(14-9-28(26)35-30(25)33)23-16-31(17-23)19-38(20-31)22-7-12-36(13-8-22)21-5-10-34-11-6-21/h1-4,15,21-23,34-35,39H,5-14,16-20,32-33H2/b27-15-. The van der Waals surface area contributed by atoms with E-state index < -0.39 is 0 Å². The Balaban J connectivity index is 0.932. The maximum Gasteiger partial charge on any atom is 0.124 e. The van der Waals surface area contributed by atoms with Crippen LogP contribution in [0.25, 0.3) is 11.8 Å². The highest BCUT2D eigenvalue weighted by atomic mass is 16.3. The minimum absolute atomic E-state index is 0.192. The number of phenolic OH excluding ortho intramolecular Hbond substituents is 1. The zero-order chi connectivity index (χ0) is 26.6. The van der Waals surface area contributed by atoms with E-state index in [-0.39, 0.29) is 5.75 Å². The second kappa shape index (κ2) is 10.1. The Kier molecular flexibility index (Phi) is 6.62. The number of phenols is 1. The first-order chi connectivity index (χ1) is 19.0. The molecule has 1 aliphatic carbocycles. The van der Waals surface area contributed by atoms with Crippen molar-refractivity contribution in [1.82, 2.24) is 25.0 Å². The Morgan fingerprint density at radius 1 is 0.923 bits per heavy atom. The molecule has 0 amide bonds. The van der Waals surface area contributed by atoms with Crippen molar-refractivity contribution in [2.75, 3.05) is 51.5 Å². The van der Waals surface area contributed by atoms with Gasteiger partial charge in [-0.3, -0.25) is 9.80 Å². The lowest BCUT2D eigenvalue weighted by Gasteiger charge is -2.63. The highest BCUT2D eigenvalue weighted by Crippen LogP contribution is 2.52. The number of anilines is 1. The van der Waals surface area contributed by atoms with Crippen molar-refractivity contribution in [3.8, 4) is 5.75 Å². The molecule has 1 spiro atoms. The number of hydrogen-bond donors (Lipinski definition) is 5. The van der Waals surface area contributed by atoms with Crippen LogP contribution in [0.3, 0.4) is 0 Å². The van der Waals surface area contributed by atoms with Crippen LogP contribution in [0.5, 0.6) is 5.75 Å². The summed E-state index contributed by atoms with van der Waals surface area (Å²) in [7, 11) is 0. The van der Waals surface area contributed by atoms with E-state index in [0.717, 1.165) is 37.2 Å². The first-order valence-electron chi connectivity index (χ1n) is 15.2. The molecule has 3 saturated heterocycles. The average Bonchev–Trinajstić information content (AvgIpc) is 3.22. The number of aromatic amines is 1. The van der Waals surface area contributed by atoms with Crippen molar-refractivity contribution in [3.63, 3.8) is 0 Å². The average molecular weight is 532 g/mol. The molecule has 1 aromatic carbocycles. The van der Waals surface area contributed by atoms with E-state index in [9.17, 15) is 5.11 Å². The van der Waals surface area contributed by atoms with Crippen molar-refractivity contribution in [1.29, 1.82) is 0 Å². The van der Waals surface area contributed by atoms with Crippen LogP contribution in [0.4, 0.5) is 5.82 Å². The van der Waals surface area contributed by atoms with Crippen LogP contribution in [0.15, 0.2) is 24.3 Å². The molecule has 210 valence electrons. The third-order valence-electron chi connectivity index (χ3n) is 10.6. The normalized spacial score (nSPS) is 25.9. The number of rotatable bonds is 5. The van der Waals surface area contributed by atoms with Gasteiger partial charge in [-0.1, -0.05) is 12.1 Å². The minimum Gasteiger partial charge on any atom is -0.507 e. The lowest BCUT2D eigenvalue weighted by atomic mass is 9.59. The fraction of sp³-hybridized carbons (Fsp3) is 0.613. The number of para-hydroxylation sites is 1. The van der Waals surface area contributed by atoms with E-state index in [0.29, 0.717) is 28.5 Å². The molecule has 7 N–H and O–H groups in total. The number of aromatic nitrogens is 1. The summed E-state index contributed by atoms with van der Waals surface area (Å²) in [6, 6.07) is 9.50. The number of nitrogens with zero attached hydrogens (tertiary/aromatic N) is 3. The summed E-state index contributed by atoms with van der Waals surface area (Å²) in [6.45, 7) is 9.60. The number of hydrogen-bond acceptors (Lipinski definition) is 7. The first kappa shape index (κ1) is 25.4. The van der Waals surface area contributed by atoms with E-state index in [2.05, 4.69) is 25.0 Å². The van der Waals surface area contributed by atoms with Crippen molar-refractivity contribution in [3.05, 3.63) is 46.6 Å². The van der Waals surface area contributed by atoms with Crippen LogP contribution in [0, 0.1) is 5.41 Å². The van der Waals surface area contributed by atoms with Crippen molar-refractivity contribution < 1.29 is 5.11 Å². The molecule has 7 rings (SSSR count). The van der Waals surface area contributed by atoms with Crippen molar-refractivity contribution >= 4 is 17.6 Å². The molecule has 5 heterocycles. The molecule has 4 fully saturated rings. The summed E-state index contributed by atoms with van der Waals surface area (Å²) in [5.41, 5.74) is 18.1. The number of aromatic hydroxyl groups is 1. The van der Waals surface area contributed by atoms with E-state index in [1.165, 1.54) is 89.1 Å². The number of nitrogens with one attached hydrogen (secondary N) is 2. The number of fused-ring (bicyclic) bond motifs is 1. The van der Waals surface area contributed by atoms with Gasteiger partial charge in [-0.15, -0.1) is 0 Å². The molecule has 4 aliphatic heterocycles. The molecule has 0 unspecified atom stereocenters. The summed E-state index contributed by atoms with van der Waals surface area (Å²) in [4.78, 5) is 11.7. The van der Waals surface area contributed by atoms with E-state index in [1.807, 2.05) is 24.3 Å². The molecule has 5 aliphatic rings. The minimum atomic E-state index is 0.192. The number of benzene rings is 1. The van der Waals surface area contributed by atoms with Gasteiger partial charge in [0.25, 0.3) is 0 Å². The summed E-state index contributed by atoms with van der Waals surface area (Å²) in [6.07, 6.45) is 11.0. The van der Waals surface area contributed by atoms with Gasteiger partial charge in [-0.2, -0.15) is 0 Å². The number of nitrogen functional groups attached to an aromatic ring is 1. The maximum atomic E-state index is 10.2. The number of nitrogens with two attached hydrogens (primary N) is 2. The Morgan fingerprint density at radius 3 is 2.38 bits per heavy atom. The lowest BCUT2D eigenvalue weighted by molar-refractivity contribution is -0.134. The van der Waals surface area contributed by atoms with Gasteiger partial charge in [0.1, 0.15) is 11.6 Å². The van der Waals surface area contributed by atoms with Gasteiger partial charge in [-0.25, -0.2) is 0 Å².